The number of aliphatic carboxylic acids is 1. The lowest BCUT2D eigenvalue weighted by molar-refractivity contribution is -0.192. The molecule has 1 saturated heterocycles. The van der Waals surface area contributed by atoms with E-state index in [-0.39, 0.29) is 11.9 Å². The molecule has 0 saturated carbocycles. The number of aromatic nitrogens is 1. The lowest BCUT2D eigenvalue weighted by Crippen LogP contribution is -2.45. The van der Waals surface area contributed by atoms with Gasteiger partial charge in [0.1, 0.15) is 5.69 Å². The second kappa shape index (κ2) is 9.60. The molecular weight excluding hydrogens is 387 g/mol. The minimum absolute atomic E-state index is 0.107. The van der Waals surface area contributed by atoms with Crippen LogP contribution in [-0.4, -0.2) is 70.7 Å². The van der Waals surface area contributed by atoms with Crippen LogP contribution >= 0.6 is 0 Å². The molecule has 1 aliphatic rings. The zero-order valence-electron chi connectivity index (χ0n) is 16.2. The highest BCUT2D eigenvalue weighted by Gasteiger charge is 2.39. The van der Waals surface area contributed by atoms with E-state index in [0.29, 0.717) is 11.7 Å². The number of rotatable bonds is 4. The molecule has 1 aliphatic heterocycles. The standard InChI is InChI=1S/C18H23N3O.C2HF3O2/c1-20(2)16-10-12-21(18(22)15-9-6-11-19-15)17(16)13-14-7-4-3-5-8-14;3-2(4,5)1(6)7/h3-9,11,16-17,19H,10,12-13H2,1-2H3;(H,6,7)/t16-,17+;/m1./s1. The van der Waals surface area contributed by atoms with Crippen LogP contribution < -0.4 is 0 Å². The monoisotopic (exact) mass is 411 g/mol. The summed E-state index contributed by atoms with van der Waals surface area (Å²) in [4.78, 5) is 29.0. The summed E-state index contributed by atoms with van der Waals surface area (Å²) in [7, 11) is 4.20. The summed E-state index contributed by atoms with van der Waals surface area (Å²) >= 11 is 0. The highest BCUT2D eigenvalue weighted by atomic mass is 19.4. The van der Waals surface area contributed by atoms with Crippen LogP contribution in [0.25, 0.3) is 0 Å². The van der Waals surface area contributed by atoms with Gasteiger partial charge in [0, 0.05) is 18.8 Å². The van der Waals surface area contributed by atoms with Gasteiger partial charge in [0.25, 0.3) is 5.91 Å². The van der Waals surface area contributed by atoms with E-state index in [4.69, 9.17) is 9.90 Å². The quantitative estimate of drug-likeness (QED) is 0.811. The zero-order chi connectivity index (χ0) is 21.6. The number of nitrogens with zero attached hydrogens (tertiary/aromatic N) is 2. The number of amides is 1. The number of aromatic amines is 1. The van der Waals surface area contributed by atoms with Crippen molar-refractivity contribution in [2.75, 3.05) is 20.6 Å². The van der Waals surface area contributed by atoms with Gasteiger partial charge in [-0.3, -0.25) is 4.79 Å². The molecule has 1 amide bonds. The van der Waals surface area contributed by atoms with E-state index in [1.165, 1.54) is 5.56 Å². The summed E-state index contributed by atoms with van der Waals surface area (Å²) in [6, 6.07) is 14.8. The van der Waals surface area contributed by atoms with E-state index >= 15 is 0 Å². The van der Waals surface area contributed by atoms with Gasteiger partial charge in [0.05, 0.1) is 6.04 Å². The fraction of sp³-hybridized carbons (Fsp3) is 0.400. The predicted octanol–water partition coefficient (Wildman–Crippen LogP) is 3.04. The number of nitrogens with one attached hydrogen (secondary N) is 1. The molecule has 6 nitrogen and oxygen atoms in total. The molecule has 0 spiro atoms. The first-order valence-electron chi connectivity index (χ1n) is 9.06. The van der Waals surface area contributed by atoms with Crippen molar-refractivity contribution in [1.82, 2.24) is 14.8 Å². The Hall–Kier alpha value is -2.81. The molecule has 1 aromatic carbocycles. The van der Waals surface area contributed by atoms with Crippen molar-refractivity contribution >= 4 is 11.9 Å². The maximum Gasteiger partial charge on any atom is 0.490 e. The Kier molecular flexibility index (Phi) is 7.44. The second-order valence-electron chi connectivity index (χ2n) is 6.96. The van der Waals surface area contributed by atoms with E-state index in [1.807, 2.05) is 23.1 Å². The molecule has 0 unspecified atom stereocenters. The van der Waals surface area contributed by atoms with Crippen LogP contribution in [-0.2, 0) is 11.2 Å². The normalized spacial score (nSPS) is 19.0. The summed E-state index contributed by atoms with van der Waals surface area (Å²) in [5.41, 5.74) is 1.96. The van der Waals surface area contributed by atoms with Crippen molar-refractivity contribution in [3.63, 3.8) is 0 Å². The summed E-state index contributed by atoms with van der Waals surface area (Å²) < 4.78 is 31.7. The lowest BCUT2D eigenvalue weighted by atomic mass is 9.99. The van der Waals surface area contributed by atoms with Gasteiger partial charge >= 0.3 is 12.1 Å². The maximum atomic E-state index is 12.8. The number of alkyl halides is 3. The fourth-order valence-electron chi connectivity index (χ4n) is 3.41. The van der Waals surface area contributed by atoms with Crippen molar-refractivity contribution < 1.29 is 27.9 Å². The molecule has 0 radical (unpaired) electrons. The van der Waals surface area contributed by atoms with E-state index in [9.17, 15) is 18.0 Å². The van der Waals surface area contributed by atoms with Crippen molar-refractivity contribution in [3.05, 3.63) is 59.9 Å². The fourth-order valence-corrected chi connectivity index (χ4v) is 3.41. The van der Waals surface area contributed by atoms with E-state index < -0.39 is 12.1 Å². The number of likely N-dealkylation sites (N-methyl/N-ethyl adjacent to an activating group) is 1. The maximum absolute atomic E-state index is 12.8. The Bertz CT molecular complexity index is 792. The van der Waals surface area contributed by atoms with Gasteiger partial charge in [-0.25, -0.2) is 4.79 Å². The third-order valence-corrected chi connectivity index (χ3v) is 4.79. The molecule has 1 fully saturated rings. The Morgan fingerprint density at radius 1 is 1.17 bits per heavy atom. The average Bonchev–Trinajstić information content (AvgIpc) is 3.32. The minimum Gasteiger partial charge on any atom is -0.475 e. The van der Waals surface area contributed by atoms with Gasteiger partial charge < -0.3 is 19.9 Å². The van der Waals surface area contributed by atoms with Gasteiger partial charge in [0.2, 0.25) is 0 Å². The molecule has 2 N–H and O–H groups in total. The van der Waals surface area contributed by atoms with E-state index in [1.54, 1.807) is 6.20 Å². The number of hydrogen-bond acceptors (Lipinski definition) is 3. The molecule has 9 heteroatoms. The molecule has 0 bridgehead atoms. The highest BCUT2D eigenvalue weighted by molar-refractivity contribution is 5.93. The Balaban J connectivity index is 0.000000370. The van der Waals surface area contributed by atoms with Gasteiger partial charge in [-0.05, 0) is 44.6 Å². The molecule has 158 valence electrons. The number of hydrogen-bond donors (Lipinski definition) is 2. The summed E-state index contributed by atoms with van der Waals surface area (Å²) in [6.07, 6.45) is -1.36. The third-order valence-electron chi connectivity index (χ3n) is 4.79. The predicted molar refractivity (Wildman–Crippen MR) is 102 cm³/mol. The molecule has 1 aromatic heterocycles. The second-order valence-corrected chi connectivity index (χ2v) is 6.96. The third kappa shape index (κ3) is 6.08. The first-order chi connectivity index (χ1) is 13.6. The zero-order valence-corrected chi connectivity index (χ0v) is 16.2. The Morgan fingerprint density at radius 3 is 2.28 bits per heavy atom. The first kappa shape index (κ1) is 22.5. The van der Waals surface area contributed by atoms with Crippen LogP contribution in [0.15, 0.2) is 48.7 Å². The van der Waals surface area contributed by atoms with Crippen LogP contribution in [0, 0.1) is 0 Å². The molecule has 29 heavy (non-hydrogen) atoms. The van der Waals surface area contributed by atoms with Gasteiger partial charge in [-0.15, -0.1) is 0 Å². The van der Waals surface area contributed by atoms with Crippen LogP contribution in [0.1, 0.15) is 22.5 Å². The van der Waals surface area contributed by atoms with Crippen LogP contribution in [0.4, 0.5) is 13.2 Å². The summed E-state index contributed by atoms with van der Waals surface area (Å²) in [5.74, 6) is -2.65. The number of halogens is 3. The number of likely N-dealkylation sites (tertiary alicyclic amines) is 1. The number of carbonyl (C=O) groups is 2. The first-order valence-corrected chi connectivity index (χ1v) is 9.06. The lowest BCUT2D eigenvalue weighted by Gasteiger charge is -2.31. The molecule has 3 rings (SSSR count). The summed E-state index contributed by atoms with van der Waals surface area (Å²) in [5, 5.41) is 7.12. The molecule has 2 heterocycles. The van der Waals surface area contributed by atoms with Crippen LogP contribution in [0.2, 0.25) is 0 Å². The van der Waals surface area contributed by atoms with Gasteiger partial charge in [0.15, 0.2) is 0 Å². The van der Waals surface area contributed by atoms with E-state index in [2.05, 4.69) is 48.2 Å². The largest absolute Gasteiger partial charge is 0.490 e. The number of carboxylic acids is 1. The smallest absolute Gasteiger partial charge is 0.475 e. The van der Waals surface area contributed by atoms with Gasteiger partial charge in [-0.2, -0.15) is 13.2 Å². The number of carbonyl (C=O) groups excluding carboxylic acids is 1. The highest BCUT2D eigenvalue weighted by Crippen LogP contribution is 2.26. The van der Waals surface area contributed by atoms with Gasteiger partial charge in [-0.1, -0.05) is 30.3 Å². The van der Waals surface area contributed by atoms with Crippen molar-refractivity contribution in [2.45, 2.75) is 31.1 Å². The number of H-pyrrole nitrogens is 1. The summed E-state index contributed by atoms with van der Waals surface area (Å²) in [6.45, 7) is 0.818. The average molecular weight is 411 g/mol. The molecule has 0 aliphatic carbocycles. The molecular formula is C20H24F3N3O3. The number of carboxylic acid groups (broad SMARTS) is 1. The van der Waals surface area contributed by atoms with E-state index in [0.717, 1.165) is 19.4 Å². The SMILES string of the molecule is CN(C)[C@@H]1CCN(C(=O)c2ccc[nH]2)[C@H]1Cc1ccccc1.O=C(O)C(F)(F)F. The molecule has 2 aromatic rings. The van der Waals surface area contributed by atoms with Crippen LogP contribution in [0.3, 0.4) is 0 Å². The molecule has 2 atom stereocenters. The Morgan fingerprint density at radius 2 is 1.79 bits per heavy atom. The topological polar surface area (TPSA) is 76.6 Å². The van der Waals surface area contributed by atoms with Crippen LogP contribution in [0.5, 0.6) is 0 Å². The minimum atomic E-state index is -5.08. The Labute approximate surface area is 166 Å². The van der Waals surface area contributed by atoms with Crippen molar-refractivity contribution in [3.8, 4) is 0 Å². The number of benzene rings is 1. The van der Waals surface area contributed by atoms with Crippen molar-refractivity contribution in [2.24, 2.45) is 0 Å². The van der Waals surface area contributed by atoms with Crippen molar-refractivity contribution in [1.29, 1.82) is 0 Å².